The van der Waals surface area contributed by atoms with Crippen molar-refractivity contribution in [2.24, 2.45) is 0 Å². The molecule has 0 spiro atoms. The minimum Gasteiger partial charge on any atom is -0.296 e. The van der Waals surface area contributed by atoms with E-state index in [1.54, 1.807) is 0 Å². The van der Waals surface area contributed by atoms with Crippen molar-refractivity contribution in [3.8, 4) is 50.2 Å². The second-order valence-electron chi connectivity index (χ2n) is 10.3. The zero-order valence-corrected chi connectivity index (χ0v) is 21.7. The van der Waals surface area contributed by atoms with Gasteiger partial charge in [-0.15, -0.1) is 0 Å². The Bertz CT molecular complexity index is 2010. The van der Waals surface area contributed by atoms with E-state index in [4.69, 9.17) is 4.98 Å². The Morgan fingerprint density at radius 2 is 1.21 bits per heavy atom. The summed E-state index contributed by atoms with van der Waals surface area (Å²) in [6.07, 6.45) is 0.887. The molecule has 8 rings (SSSR count). The van der Waals surface area contributed by atoms with E-state index >= 15 is 0 Å². The highest BCUT2D eigenvalue weighted by atomic mass is 15.1. The molecule has 0 aliphatic heterocycles. The molecule has 1 aliphatic rings. The lowest BCUT2D eigenvalue weighted by Gasteiger charge is -2.12. The predicted molar refractivity (Wildman–Crippen MR) is 163 cm³/mol. The van der Waals surface area contributed by atoms with Gasteiger partial charge >= 0.3 is 0 Å². The summed E-state index contributed by atoms with van der Waals surface area (Å²) in [7, 11) is 0. The highest BCUT2D eigenvalue weighted by molar-refractivity contribution is 6.18. The van der Waals surface area contributed by atoms with E-state index in [9.17, 15) is 0 Å². The third kappa shape index (κ3) is 3.31. The Balaban J connectivity index is 1.21. The quantitative estimate of drug-likeness (QED) is 0.236. The van der Waals surface area contributed by atoms with Gasteiger partial charge in [0.2, 0.25) is 0 Å². The molecule has 0 fully saturated rings. The summed E-state index contributed by atoms with van der Waals surface area (Å²) in [5.74, 6) is 1.08. The summed E-state index contributed by atoms with van der Waals surface area (Å²) in [5.41, 5.74) is 13.6. The lowest BCUT2D eigenvalue weighted by atomic mass is 9.92. The lowest BCUT2D eigenvalue weighted by molar-refractivity contribution is 0.908. The number of nitrogens with zero attached hydrogens (tertiary/aromatic N) is 2. The van der Waals surface area contributed by atoms with E-state index in [1.165, 1.54) is 55.3 Å². The smallest absolute Gasteiger partial charge is 0.114 e. The van der Waals surface area contributed by atoms with Gasteiger partial charge in [0.15, 0.2) is 0 Å². The predicted octanol–water partition coefficient (Wildman–Crippen LogP) is 9.72. The monoisotopic (exact) mass is 498 g/mol. The van der Waals surface area contributed by atoms with Gasteiger partial charge in [-0.05, 0) is 85.6 Å². The van der Waals surface area contributed by atoms with Crippen LogP contribution in [0.5, 0.6) is 0 Å². The molecule has 6 aromatic carbocycles. The molecule has 0 N–H and O–H groups in total. The van der Waals surface area contributed by atoms with E-state index in [-0.39, 0.29) is 0 Å². The van der Waals surface area contributed by atoms with Crippen molar-refractivity contribution in [2.75, 3.05) is 0 Å². The van der Waals surface area contributed by atoms with Crippen molar-refractivity contribution >= 4 is 21.8 Å². The first-order valence-electron chi connectivity index (χ1n) is 13.6. The van der Waals surface area contributed by atoms with Crippen molar-refractivity contribution < 1.29 is 0 Å². The minimum atomic E-state index is 0.887. The van der Waals surface area contributed by atoms with Gasteiger partial charge in [0.1, 0.15) is 5.82 Å². The molecular formula is C37H26N2. The minimum absolute atomic E-state index is 0.887. The van der Waals surface area contributed by atoms with Gasteiger partial charge in [-0.3, -0.25) is 4.57 Å². The maximum Gasteiger partial charge on any atom is 0.114 e. The number of benzene rings is 6. The number of aryl methyl sites for hydroxylation is 1. The van der Waals surface area contributed by atoms with Crippen LogP contribution in [-0.2, 0) is 6.42 Å². The van der Waals surface area contributed by atoms with Crippen LogP contribution >= 0.6 is 0 Å². The van der Waals surface area contributed by atoms with Gasteiger partial charge in [0.05, 0.1) is 11.0 Å². The molecule has 0 saturated carbocycles. The van der Waals surface area contributed by atoms with Crippen molar-refractivity contribution in [3.05, 3.63) is 133 Å². The Morgan fingerprint density at radius 3 is 2.03 bits per heavy atom. The Labute approximate surface area is 227 Å². The Kier molecular flexibility index (Phi) is 4.83. The van der Waals surface area contributed by atoms with Crippen LogP contribution in [-0.4, -0.2) is 9.55 Å². The van der Waals surface area contributed by atoms with E-state index in [2.05, 4.69) is 139 Å². The molecule has 1 heterocycles. The molecule has 2 nitrogen and oxygen atoms in total. The molecule has 39 heavy (non-hydrogen) atoms. The van der Waals surface area contributed by atoms with Crippen molar-refractivity contribution in [1.82, 2.24) is 9.55 Å². The first-order chi connectivity index (χ1) is 19.3. The van der Waals surface area contributed by atoms with Crippen molar-refractivity contribution in [1.29, 1.82) is 0 Å². The number of imidazole rings is 1. The van der Waals surface area contributed by atoms with Crippen LogP contribution < -0.4 is 0 Å². The maximum absolute atomic E-state index is 4.85. The number of hydrogen-bond donors (Lipinski definition) is 0. The maximum atomic E-state index is 4.85. The number of hydrogen-bond acceptors (Lipinski definition) is 1. The van der Waals surface area contributed by atoms with E-state index in [1.807, 2.05) is 0 Å². The summed E-state index contributed by atoms with van der Waals surface area (Å²) >= 11 is 0. The van der Waals surface area contributed by atoms with Gasteiger partial charge in [-0.2, -0.15) is 0 Å². The number of para-hydroxylation sites is 2. The lowest BCUT2D eigenvalue weighted by Crippen LogP contribution is -1.99. The summed E-state index contributed by atoms with van der Waals surface area (Å²) in [6.45, 7) is 2.16. The van der Waals surface area contributed by atoms with Gasteiger partial charge in [-0.1, -0.05) is 104 Å². The fourth-order valence-corrected chi connectivity index (χ4v) is 6.33. The molecule has 0 radical (unpaired) electrons. The fourth-order valence-electron chi connectivity index (χ4n) is 6.33. The molecular weight excluding hydrogens is 472 g/mol. The van der Waals surface area contributed by atoms with Crippen LogP contribution in [0.4, 0.5) is 0 Å². The fraction of sp³-hybridized carbons (Fsp3) is 0.0541. The second-order valence-corrected chi connectivity index (χ2v) is 10.3. The molecule has 1 aliphatic carbocycles. The summed E-state index contributed by atoms with van der Waals surface area (Å²) in [6, 6.07) is 46.3. The van der Waals surface area contributed by atoms with Gasteiger partial charge in [-0.25, -0.2) is 4.98 Å². The summed E-state index contributed by atoms with van der Waals surface area (Å²) in [5, 5.41) is 2.68. The Hall–Kier alpha value is -4.95. The van der Waals surface area contributed by atoms with Gasteiger partial charge in [0.25, 0.3) is 0 Å². The number of aromatic nitrogens is 2. The molecule has 184 valence electrons. The van der Waals surface area contributed by atoms with Crippen molar-refractivity contribution in [3.63, 3.8) is 0 Å². The zero-order chi connectivity index (χ0) is 25.9. The number of fused-ring (bicyclic) bond motifs is 4. The third-order valence-electron chi connectivity index (χ3n) is 8.13. The van der Waals surface area contributed by atoms with Crippen LogP contribution in [0, 0.1) is 0 Å². The van der Waals surface area contributed by atoms with Gasteiger partial charge < -0.3 is 0 Å². The van der Waals surface area contributed by atoms with Crippen LogP contribution in [0.15, 0.2) is 127 Å². The summed E-state index contributed by atoms with van der Waals surface area (Å²) in [4.78, 5) is 4.85. The normalized spacial score (nSPS) is 11.8. The van der Waals surface area contributed by atoms with Gasteiger partial charge in [0, 0.05) is 12.1 Å². The highest BCUT2D eigenvalue weighted by Gasteiger charge is 2.22. The average Bonchev–Trinajstić information content (AvgIpc) is 3.55. The first kappa shape index (κ1) is 22.1. The van der Waals surface area contributed by atoms with Crippen LogP contribution in [0.2, 0.25) is 0 Å². The SMILES string of the molecule is CCc1nc2ccccc2n1-c1ccc(-c2cccc(-c3ccc4c5c(cccc35)-c3ccccc3-4)c2)cc1. The van der Waals surface area contributed by atoms with Crippen LogP contribution in [0.25, 0.3) is 72.0 Å². The van der Waals surface area contributed by atoms with Crippen molar-refractivity contribution in [2.45, 2.75) is 13.3 Å². The van der Waals surface area contributed by atoms with Crippen LogP contribution in [0.1, 0.15) is 12.7 Å². The molecule has 0 bridgehead atoms. The first-order valence-corrected chi connectivity index (χ1v) is 13.6. The van der Waals surface area contributed by atoms with E-state index in [0.717, 1.165) is 29.0 Å². The molecule has 0 amide bonds. The zero-order valence-electron chi connectivity index (χ0n) is 21.7. The summed E-state index contributed by atoms with van der Waals surface area (Å²) < 4.78 is 2.28. The van der Waals surface area contributed by atoms with Crippen LogP contribution in [0.3, 0.4) is 0 Å². The largest absolute Gasteiger partial charge is 0.296 e. The number of rotatable bonds is 4. The molecule has 0 saturated heterocycles. The Morgan fingerprint density at radius 1 is 0.538 bits per heavy atom. The molecule has 0 atom stereocenters. The van der Waals surface area contributed by atoms with E-state index in [0.29, 0.717) is 0 Å². The van der Waals surface area contributed by atoms with E-state index < -0.39 is 0 Å². The molecule has 1 aromatic heterocycles. The third-order valence-corrected chi connectivity index (χ3v) is 8.13. The average molecular weight is 499 g/mol. The molecule has 7 aromatic rings. The molecule has 2 heteroatoms. The standard InChI is InChI=1S/C37H26N2/c1-2-36-38-34-15-5-6-16-35(34)39(36)27-19-17-24(18-20-27)25-9-7-10-26(23-25)28-21-22-33-30-12-4-3-11-29(30)32-14-8-13-31(28)37(32)33/h3-23H,2H2,1H3. The molecule has 0 unspecified atom stereocenters. The highest BCUT2D eigenvalue weighted by Crippen LogP contribution is 2.49. The second kappa shape index (κ2) is 8.54. The topological polar surface area (TPSA) is 17.8 Å².